The molecule has 0 saturated heterocycles. The maximum atomic E-state index is 11.4. The van der Waals surface area contributed by atoms with Crippen molar-refractivity contribution in [3.05, 3.63) is 41.5 Å². The molecule has 0 unspecified atom stereocenters. The standard InChI is InChI=1S/C15H18N4O3/c1-22-15(21)18-11-4-10(8-20)13-2-3-19(14(13)5-11)7-12-6-16-9-17-12/h4-6,9,20H,2-3,7-8H2,1H3,(H,16,17)(H,18,21). The number of benzene rings is 1. The number of nitrogens with one attached hydrogen (secondary N) is 2. The predicted molar refractivity (Wildman–Crippen MR) is 81.7 cm³/mol. The average Bonchev–Trinajstić information content (AvgIpc) is 3.17. The molecule has 0 saturated carbocycles. The third-order valence-electron chi connectivity index (χ3n) is 3.80. The van der Waals surface area contributed by atoms with E-state index in [9.17, 15) is 9.90 Å². The molecule has 0 spiro atoms. The fourth-order valence-corrected chi connectivity index (χ4v) is 2.77. The van der Waals surface area contributed by atoms with Gasteiger partial charge in [0, 0.05) is 24.1 Å². The summed E-state index contributed by atoms with van der Waals surface area (Å²) in [6.07, 6.45) is 3.86. The second-order valence-electron chi connectivity index (χ2n) is 5.14. The molecule has 3 N–H and O–H groups in total. The highest BCUT2D eigenvalue weighted by atomic mass is 16.5. The van der Waals surface area contributed by atoms with Crippen LogP contribution in [0.2, 0.25) is 0 Å². The molecule has 2 heterocycles. The number of aromatic amines is 1. The van der Waals surface area contributed by atoms with E-state index in [1.807, 2.05) is 12.3 Å². The number of aromatic nitrogens is 2. The lowest BCUT2D eigenvalue weighted by atomic mass is 10.0. The van der Waals surface area contributed by atoms with Crippen molar-refractivity contribution in [3.8, 4) is 0 Å². The lowest BCUT2D eigenvalue weighted by molar-refractivity contribution is 0.187. The summed E-state index contributed by atoms with van der Waals surface area (Å²) in [5, 5.41) is 12.2. The fraction of sp³-hybridized carbons (Fsp3) is 0.333. The Morgan fingerprint density at radius 3 is 3.09 bits per heavy atom. The van der Waals surface area contributed by atoms with Crippen molar-refractivity contribution in [1.82, 2.24) is 9.97 Å². The number of hydrogen-bond donors (Lipinski definition) is 3. The molecule has 1 amide bonds. The SMILES string of the molecule is COC(=O)Nc1cc(CO)c2c(c1)N(Cc1c[nH]cn1)CC2. The van der Waals surface area contributed by atoms with Gasteiger partial charge in [-0.15, -0.1) is 0 Å². The van der Waals surface area contributed by atoms with Crippen molar-refractivity contribution in [2.24, 2.45) is 0 Å². The number of imidazole rings is 1. The van der Waals surface area contributed by atoms with E-state index >= 15 is 0 Å². The van der Waals surface area contributed by atoms with Gasteiger partial charge in [-0.05, 0) is 29.7 Å². The van der Waals surface area contributed by atoms with E-state index in [0.29, 0.717) is 12.2 Å². The average molecular weight is 302 g/mol. The van der Waals surface area contributed by atoms with Gasteiger partial charge in [-0.3, -0.25) is 5.32 Å². The molecular formula is C15H18N4O3. The zero-order valence-corrected chi connectivity index (χ0v) is 12.3. The summed E-state index contributed by atoms with van der Waals surface area (Å²) in [4.78, 5) is 20.8. The Balaban J connectivity index is 1.90. The van der Waals surface area contributed by atoms with Gasteiger partial charge in [-0.25, -0.2) is 9.78 Å². The largest absolute Gasteiger partial charge is 0.453 e. The fourth-order valence-electron chi connectivity index (χ4n) is 2.77. The molecule has 116 valence electrons. The van der Waals surface area contributed by atoms with E-state index < -0.39 is 6.09 Å². The van der Waals surface area contributed by atoms with Gasteiger partial charge in [0.1, 0.15) is 0 Å². The quantitative estimate of drug-likeness (QED) is 0.799. The first-order valence-corrected chi connectivity index (χ1v) is 7.05. The van der Waals surface area contributed by atoms with Crippen LogP contribution in [0.1, 0.15) is 16.8 Å². The van der Waals surface area contributed by atoms with Gasteiger partial charge in [0.2, 0.25) is 0 Å². The van der Waals surface area contributed by atoms with Crippen LogP contribution in [0, 0.1) is 0 Å². The molecule has 0 bridgehead atoms. The highest BCUT2D eigenvalue weighted by molar-refractivity contribution is 5.86. The number of carbonyl (C=O) groups is 1. The van der Waals surface area contributed by atoms with Gasteiger partial charge in [-0.2, -0.15) is 0 Å². The minimum Gasteiger partial charge on any atom is -0.453 e. The van der Waals surface area contributed by atoms with Gasteiger partial charge in [0.05, 0.1) is 32.3 Å². The molecule has 7 nitrogen and oxygen atoms in total. The zero-order chi connectivity index (χ0) is 15.5. The maximum Gasteiger partial charge on any atom is 0.411 e. The Bertz CT molecular complexity index is 670. The Labute approximate surface area is 127 Å². The van der Waals surface area contributed by atoms with Crippen LogP contribution in [0.5, 0.6) is 0 Å². The number of aliphatic hydroxyl groups excluding tert-OH is 1. The third-order valence-corrected chi connectivity index (χ3v) is 3.80. The molecule has 0 aliphatic carbocycles. The first-order valence-electron chi connectivity index (χ1n) is 7.05. The molecule has 1 aliphatic rings. The molecule has 1 aromatic carbocycles. The molecule has 0 radical (unpaired) electrons. The normalized spacial score (nSPS) is 13.1. The van der Waals surface area contributed by atoms with E-state index in [-0.39, 0.29) is 6.61 Å². The van der Waals surface area contributed by atoms with Crippen molar-refractivity contribution in [3.63, 3.8) is 0 Å². The second kappa shape index (κ2) is 6.07. The van der Waals surface area contributed by atoms with Crippen LogP contribution in [-0.4, -0.2) is 34.8 Å². The predicted octanol–water partition coefficient (Wildman–Crippen LogP) is 1.64. The van der Waals surface area contributed by atoms with Crippen LogP contribution in [0.15, 0.2) is 24.7 Å². The highest BCUT2D eigenvalue weighted by Gasteiger charge is 2.23. The smallest absolute Gasteiger partial charge is 0.411 e. The number of methoxy groups -OCH3 is 1. The van der Waals surface area contributed by atoms with Crippen molar-refractivity contribution < 1.29 is 14.6 Å². The molecule has 1 aliphatic heterocycles. The summed E-state index contributed by atoms with van der Waals surface area (Å²) in [5.41, 5.74) is 4.52. The first kappa shape index (κ1) is 14.4. The Morgan fingerprint density at radius 1 is 1.55 bits per heavy atom. The molecule has 0 atom stereocenters. The summed E-state index contributed by atoms with van der Waals surface area (Å²) in [6, 6.07) is 3.69. The summed E-state index contributed by atoms with van der Waals surface area (Å²) in [7, 11) is 1.32. The second-order valence-corrected chi connectivity index (χ2v) is 5.14. The number of carbonyl (C=O) groups excluding carboxylic acids is 1. The van der Waals surface area contributed by atoms with Crippen molar-refractivity contribution >= 4 is 17.5 Å². The van der Waals surface area contributed by atoms with Crippen LogP contribution in [0.3, 0.4) is 0 Å². The molecule has 0 fully saturated rings. The molecule has 2 aromatic rings. The van der Waals surface area contributed by atoms with Crippen molar-refractivity contribution in [1.29, 1.82) is 0 Å². The molecular weight excluding hydrogens is 284 g/mol. The number of hydrogen-bond acceptors (Lipinski definition) is 5. The zero-order valence-electron chi connectivity index (χ0n) is 12.3. The van der Waals surface area contributed by atoms with Crippen LogP contribution >= 0.6 is 0 Å². The number of ether oxygens (including phenoxy) is 1. The van der Waals surface area contributed by atoms with E-state index in [2.05, 4.69) is 24.9 Å². The van der Waals surface area contributed by atoms with Crippen LogP contribution < -0.4 is 10.2 Å². The summed E-state index contributed by atoms with van der Waals surface area (Å²) in [6.45, 7) is 1.48. The van der Waals surface area contributed by atoms with Crippen LogP contribution in [-0.2, 0) is 24.3 Å². The topological polar surface area (TPSA) is 90.5 Å². The molecule has 3 rings (SSSR count). The van der Waals surface area contributed by atoms with E-state index in [1.165, 1.54) is 7.11 Å². The van der Waals surface area contributed by atoms with E-state index in [1.54, 1.807) is 12.4 Å². The summed E-state index contributed by atoms with van der Waals surface area (Å²) in [5.74, 6) is 0. The Morgan fingerprint density at radius 2 is 2.41 bits per heavy atom. The highest BCUT2D eigenvalue weighted by Crippen LogP contribution is 2.35. The molecule has 1 aromatic heterocycles. The summed E-state index contributed by atoms with van der Waals surface area (Å²) < 4.78 is 4.62. The number of nitrogens with zero attached hydrogens (tertiary/aromatic N) is 2. The van der Waals surface area contributed by atoms with Gasteiger partial charge in [-0.1, -0.05) is 0 Å². The monoisotopic (exact) mass is 302 g/mol. The van der Waals surface area contributed by atoms with Crippen molar-refractivity contribution in [2.45, 2.75) is 19.6 Å². The lowest BCUT2D eigenvalue weighted by Crippen LogP contribution is -2.20. The first-order chi connectivity index (χ1) is 10.7. The Hall–Kier alpha value is -2.54. The van der Waals surface area contributed by atoms with E-state index in [0.717, 1.165) is 35.5 Å². The number of H-pyrrole nitrogens is 1. The minimum absolute atomic E-state index is 0.0602. The van der Waals surface area contributed by atoms with Gasteiger partial charge in [0.25, 0.3) is 0 Å². The van der Waals surface area contributed by atoms with E-state index in [4.69, 9.17) is 0 Å². The maximum absolute atomic E-state index is 11.4. The van der Waals surface area contributed by atoms with Gasteiger partial charge in [0.15, 0.2) is 0 Å². The minimum atomic E-state index is -0.527. The number of rotatable bonds is 4. The Kier molecular flexibility index (Phi) is 3.97. The lowest BCUT2D eigenvalue weighted by Gasteiger charge is -2.19. The third kappa shape index (κ3) is 2.75. The van der Waals surface area contributed by atoms with Crippen molar-refractivity contribution in [2.75, 3.05) is 23.9 Å². The number of anilines is 2. The molecule has 22 heavy (non-hydrogen) atoms. The number of fused-ring (bicyclic) bond motifs is 1. The van der Waals surface area contributed by atoms with Gasteiger partial charge >= 0.3 is 6.09 Å². The summed E-state index contributed by atoms with van der Waals surface area (Å²) >= 11 is 0. The number of amides is 1. The van der Waals surface area contributed by atoms with Gasteiger partial charge < -0.3 is 19.7 Å². The van der Waals surface area contributed by atoms with Crippen LogP contribution in [0.4, 0.5) is 16.2 Å². The number of aliphatic hydroxyl groups is 1. The van der Waals surface area contributed by atoms with Crippen LogP contribution in [0.25, 0.3) is 0 Å². The molecule has 7 heteroatoms.